The molecule has 0 radical (unpaired) electrons. The average Bonchev–Trinajstić information content (AvgIpc) is 2.83. The highest BCUT2D eigenvalue weighted by molar-refractivity contribution is 5.95. The number of piperidine rings is 1. The molecule has 7 nitrogen and oxygen atoms in total. The maximum Gasteiger partial charge on any atom is 0.309 e. The van der Waals surface area contributed by atoms with E-state index in [1.165, 1.54) is 0 Å². The number of likely N-dealkylation sites (tertiary alicyclic amines) is 1. The number of benzene rings is 2. The number of amides is 2. The van der Waals surface area contributed by atoms with E-state index in [9.17, 15) is 14.4 Å². The summed E-state index contributed by atoms with van der Waals surface area (Å²) in [6.07, 6.45) is 1.25. The van der Waals surface area contributed by atoms with Crippen LogP contribution in [0.2, 0.25) is 0 Å². The third-order valence-electron chi connectivity index (χ3n) is 5.63. The van der Waals surface area contributed by atoms with Crippen LogP contribution in [0.4, 0.5) is 5.69 Å². The normalized spacial score (nSPS) is 14.0. The van der Waals surface area contributed by atoms with Gasteiger partial charge in [-0.05, 0) is 43.5 Å². The minimum atomic E-state index is -0.170. The fourth-order valence-electron chi connectivity index (χ4n) is 3.83. The predicted molar refractivity (Wildman–Crippen MR) is 123 cm³/mol. The van der Waals surface area contributed by atoms with Crippen LogP contribution in [-0.2, 0) is 20.9 Å². The number of hydrogen-bond donors (Lipinski definition) is 1. The predicted octanol–water partition coefficient (Wildman–Crippen LogP) is 3.17. The van der Waals surface area contributed by atoms with Gasteiger partial charge in [-0.3, -0.25) is 14.4 Å². The Morgan fingerprint density at radius 3 is 2.47 bits per heavy atom. The van der Waals surface area contributed by atoms with Gasteiger partial charge in [0.25, 0.3) is 5.91 Å². The van der Waals surface area contributed by atoms with Crippen molar-refractivity contribution >= 4 is 23.5 Å². The molecule has 0 saturated carbocycles. The number of nitrogens with one attached hydrogen (secondary N) is 1. The fraction of sp³-hybridized carbons (Fsp3) is 0.400. The highest BCUT2D eigenvalue weighted by Gasteiger charge is 2.28. The van der Waals surface area contributed by atoms with Crippen LogP contribution in [0.25, 0.3) is 0 Å². The van der Waals surface area contributed by atoms with E-state index in [2.05, 4.69) is 5.32 Å². The molecule has 32 heavy (non-hydrogen) atoms. The van der Waals surface area contributed by atoms with Crippen LogP contribution in [0.5, 0.6) is 0 Å². The smallest absolute Gasteiger partial charge is 0.309 e. The SMILES string of the molecule is CCOC(=O)C1CCN(C(=O)CNc2cccc(C(=O)N(C)Cc3ccccc3)c2)CC1. The van der Waals surface area contributed by atoms with Gasteiger partial charge in [-0.1, -0.05) is 36.4 Å². The van der Waals surface area contributed by atoms with Crippen molar-refractivity contribution in [2.45, 2.75) is 26.3 Å². The van der Waals surface area contributed by atoms with Gasteiger partial charge in [-0.25, -0.2) is 0 Å². The quantitative estimate of drug-likeness (QED) is 0.642. The number of hydrogen-bond acceptors (Lipinski definition) is 5. The first-order valence-corrected chi connectivity index (χ1v) is 11.1. The van der Waals surface area contributed by atoms with Gasteiger partial charge in [0.2, 0.25) is 5.91 Å². The number of anilines is 1. The van der Waals surface area contributed by atoms with Gasteiger partial charge in [0.1, 0.15) is 0 Å². The lowest BCUT2D eigenvalue weighted by molar-refractivity contribution is -0.151. The van der Waals surface area contributed by atoms with Gasteiger partial charge in [0, 0.05) is 37.9 Å². The second-order valence-corrected chi connectivity index (χ2v) is 7.99. The molecule has 7 heteroatoms. The van der Waals surface area contributed by atoms with Gasteiger partial charge < -0.3 is 19.9 Å². The zero-order chi connectivity index (χ0) is 22.9. The van der Waals surface area contributed by atoms with Crippen LogP contribution in [0, 0.1) is 5.92 Å². The van der Waals surface area contributed by atoms with Crippen LogP contribution in [0.3, 0.4) is 0 Å². The lowest BCUT2D eigenvalue weighted by Crippen LogP contribution is -2.43. The molecule has 2 aromatic carbocycles. The molecule has 1 N–H and O–H groups in total. The average molecular weight is 438 g/mol. The molecule has 0 bridgehead atoms. The Morgan fingerprint density at radius 1 is 1.06 bits per heavy atom. The second-order valence-electron chi connectivity index (χ2n) is 7.99. The van der Waals surface area contributed by atoms with E-state index in [1.54, 1.807) is 42.0 Å². The topological polar surface area (TPSA) is 79.0 Å². The molecule has 3 rings (SSSR count). The van der Waals surface area contributed by atoms with E-state index in [4.69, 9.17) is 4.74 Å². The van der Waals surface area contributed by atoms with Crippen LogP contribution in [0.1, 0.15) is 35.7 Å². The van der Waals surface area contributed by atoms with Crippen molar-refractivity contribution in [2.24, 2.45) is 5.92 Å². The summed E-state index contributed by atoms with van der Waals surface area (Å²) >= 11 is 0. The van der Waals surface area contributed by atoms with E-state index >= 15 is 0 Å². The fourth-order valence-corrected chi connectivity index (χ4v) is 3.83. The number of carbonyl (C=O) groups is 3. The maximum absolute atomic E-state index is 12.8. The van der Waals surface area contributed by atoms with Gasteiger partial charge in [-0.2, -0.15) is 0 Å². The summed E-state index contributed by atoms with van der Waals surface area (Å²) in [7, 11) is 1.78. The van der Waals surface area contributed by atoms with Crippen molar-refractivity contribution in [3.63, 3.8) is 0 Å². The van der Waals surface area contributed by atoms with Crippen LogP contribution in [0.15, 0.2) is 54.6 Å². The van der Waals surface area contributed by atoms with Gasteiger partial charge >= 0.3 is 5.97 Å². The monoisotopic (exact) mass is 437 g/mol. The molecule has 1 fully saturated rings. The third kappa shape index (κ3) is 6.33. The van der Waals surface area contributed by atoms with Crippen molar-refractivity contribution in [1.82, 2.24) is 9.80 Å². The first-order chi connectivity index (χ1) is 15.5. The highest BCUT2D eigenvalue weighted by atomic mass is 16.5. The molecule has 0 unspecified atom stereocenters. The van der Waals surface area contributed by atoms with Gasteiger partial charge in [0.15, 0.2) is 0 Å². The molecule has 0 aromatic heterocycles. The molecule has 1 heterocycles. The second kappa shape index (κ2) is 11.3. The highest BCUT2D eigenvalue weighted by Crippen LogP contribution is 2.19. The molecule has 0 atom stereocenters. The summed E-state index contributed by atoms with van der Waals surface area (Å²) in [5, 5.41) is 3.13. The molecule has 0 aliphatic carbocycles. The van der Waals surface area contributed by atoms with Crippen LogP contribution in [-0.4, -0.2) is 60.9 Å². The number of carbonyl (C=O) groups excluding carboxylic acids is 3. The molecule has 1 aliphatic rings. The number of rotatable bonds is 8. The largest absolute Gasteiger partial charge is 0.466 e. The first kappa shape index (κ1) is 23.3. The van der Waals surface area contributed by atoms with E-state index in [0.29, 0.717) is 44.6 Å². The minimum absolute atomic E-state index is 0.0229. The lowest BCUT2D eigenvalue weighted by Gasteiger charge is -2.31. The summed E-state index contributed by atoms with van der Waals surface area (Å²) in [5.74, 6) is -0.394. The summed E-state index contributed by atoms with van der Waals surface area (Å²) in [5.41, 5.74) is 2.35. The molecular weight excluding hydrogens is 406 g/mol. The molecule has 2 aromatic rings. The third-order valence-corrected chi connectivity index (χ3v) is 5.63. The Kier molecular flexibility index (Phi) is 8.25. The standard InChI is InChI=1S/C25H31N3O4/c1-3-32-25(31)20-12-14-28(15-13-20)23(29)17-26-22-11-7-10-21(16-22)24(30)27(2)18-19-8-5-4-6-9-19/h4-11,16,20,26H,3,12-15,17-18H2,1-2H3. The van der Waals surface area contributed by atoms with Crippen molar-refractivity contribution in [2.75, 3.05) is 38.6 Å². The lowest BCUT2D eigenvalue weighted by atomic mass is 9.97. The number of esters is 1. The Hall–Kier alpha value is -3.35. The molecule has 170 valence electrons. The Balaban J connectivity index is 1.50. The van der Waals surface area contributed by atoms with E-state index in [0.717, 1.165) is 11.3 Å². The van der Waals surface area contributed by atoms with E-state index in [1.807, 2.05) is 36.4 Å². The summed E-state index contributed by atoms with van der Waals surface area (Å²) in [6.45, 7) is 3.94. The first-order valence-electron chi connectivity index (χ1n) is 11.1. The van der Waals surface area contributed by atoms with Crippen LogP contribution >= 0.6 is 0 Å². The van der Waals surface area contributed by atoms with Crippen molar-refractivity contribution < 1.29 is 19.1 Å². The molecule has 1 saturated heterocycles. The molecule has 2 amide bonds. The van der Waals surface area contributed by atoms with Crippen molar-refractivity contribution in [3.8, 4) is 0 Å². The Labute approximate surface area is 189 Å². The van der Waals surface area contributed by atoms with E-state index in [-0.39, 0.29) is 30.2 Å². The Bertz CT molecular complexity index is 924. The number of nitrogens with zero attached hydrogens (tertiary/aromatic N) is 2. The molecular formula is C25H31N3O4. The summed E-state index contributed by atoms with van der Waals surface area (Å²) < 4.78 is 5.08. The van der Waals surface area contributed by atoms with Gasteiger partial charge in [-0.15, -0.1) is 0 Å². The zero-order valence-corrected chi connectivity index (χ0v) is 18.8. The van der Waals surface area contributed by atoms with Gasteiger partial charge in [0.05, 0.1) is 19.1 Å². The van der Waals surface area contributed by atoms with Crippen molar-refractivity contribution in [3.05, 3.63) is 65.7 Å². The summed E-state index contributed by atoms with van der Waals surface area (Å²) in [4.78, 5) is 40.7. The van der Waals surface area contributed by atoms with Crippen molar-refractivity contribution in [1.29, 1.82) is 0 Å². The van der Waals surface area contributed by atoms with Crippen LogP contribution < -0.4 is 5.32 Å². The zero-order valence-electron chi connectivity index (χ0n) is 18.8. The Morgan fingerprint density at radius 2 is 1.78 bits per heavy atom. The maximum atomic E-state index is 12.8. The number of ether oxygens (including phenoxy) is 1. The summed E-state index contributed by atoms with van der Waals surface area (Å²) in [6, 6.07) is 17.0. The molecule has 0 spiro atoms. The minimum Gasteiger partial charge on any atom is -0.466 e. The molecule has 1 aliphatic heterocycles. The van der Waals surface area contributed by atoms with E-state index < -0.39 is 0 Å².